The quantitative estimate of drug-likeness (QED) is 0.779. The van der Waals surface area contributed by atoms with Gasteiger partial charge in [0, 0.05) is 17.5 Å². The molecule has 76 valence electrons. The first-order valence-electron chi connectivity index (χ1n) is 5.22. The normalized spacial score (nSPS) is 15.0. The Morgan fingerprint density at radius 2 is 2.07 bits per heavy atom. The lowest BCUT2D eigenvalue weighted by Crippen LogP contribution is -2.00. The second kappa shape index (κ2) is 3.77. The molecule has 1 aliphatic carbocycles. The average molecular weight is 207 g/mol. The summed E-state index contributed by atoms with van der Waals surface area (Å²) in [5.41, 5.74) is 4.17. The van der Waals surface area contributed by atoms with E-state index in [-0.39, 0.29) is 0 Å². The summed E-state index contributed by atoms with van der Waals surface area (Å²) >= 11 is 1.92. The summed E-state index contributed by atoms with van der Waals surface area (Å²) < 4.78 is 0. The van der Waals surface area contributed by atoms with Gasteiger partial charge in [-0.1, -0.05) is 6.58 Å². The van der Waals surface area contributed by atoms with E-state index in [0.29, 0.717) is 0 Å². The molecule has 0 unspecified atom stereocenters. The molecule has 0 aromatic carbocycles. The standard InChI is InChI=1S/C12H17NS/c1-8(2)11-9-6-4-5-7-10(9)14-12(11)13-3/h13H,1,4-7H2,2-3H3. The smallest absolute Gasteiger partial charge is 0.0961 e. The number of rotatable bonds is 2. The van der Waals surface area contributed by atoms with E-state index in [2.05, 4.69) is 18.8 Å². The Kier molecular flexibility index (Phi) is 2.64. The number of hydrogen-bond acceptors (Lipinski definition) is 2. The van der Waals surface area contributed by atoms with Gasteiger partial charge in [-0.2, -0.15) is 0 Å². The molecule has 0 atom stereocenters. The van der Waals surface area contributed by atoms with Gasteiger partial charge in [0.25, 0.3) is 0 Å². The maximum Gasteiger partial charge on any atom is 0.0961 e. The highest BCUT2D eigenvalue weighted by Gasteiger charge is 2.19. The molecule has 1 aromatic heterocycles. The Balaban J connectivity index is 2.53. The van der Waals surface area contributed by atoms with Crippen LogP contribution in [0.3, 0.4) is 0 Å². The molecule has 0 saturated carbocycles. The van der Waals surface area contributed by atoms with E-state index in [1.807, 2.05) is 18.4 Å². The highest BCUT2D eigenvalue weighted by Crippen LogP contribution is 2.40. The molecule has 1 aromatic rings. The minimum atomic E-state index is 1.20. The van der Waals surface area contributed by atoms with Crippen LogP contribution in [0.4, 0.5) is 5.00 Å². The first kappa shape index (κ1) is 9.78. The number of nitrogens with one attached hydrogen (secondary N) is 1. The molecular weight excluding hydrogens is 190 g/mol. The summed E-state index contributed by atoms with van der Waals surface area (Å²) in [7, 11) is 2.00. The molecule has 14 heavy (non-hydrogen) atoms. The molecule has 0 spiro atoms. The third kappa shape index (κ3) is 1.48. The van der Waals surface area contributed by atoms with Crippen LogP contribution >= 0.6 is 11.3 Å². The number of anilines is 1. The lowest BCUT2D eigenvalue weighted by molar-refractivity contribution is 0.696. The Morgan fingerprint density at radius 1 is 1.36 bits per heavy atom. The van der Waals surface area contributed by atoms with Gasteiger partial charge in [0.1, 0.15) is 0 Å². The van der Waals surface area contributed by atoms with Crippen molar-refractivity contribution in [3.8, 4) is 0 Å². The molecule has 1 nitrogen and oxygen atoms in total. The Morgan fingerprint density at radius 3 is 2.71 bits per heavy atom. The van der Waals surface area contributed by atoms with Gasteiger partial charge in [-0.25, -0.2) is 0 Å². The van der Waals surface area contributed by atoms with E-state index < -0.39 is 0 Å². The van der Waals surface area contributed by atoms with Gasteiger partial charge in [-0.3, -0.25) is 0 Å². The van der Waals surface area contributed by atoms with Crippen molar-refractivity contribution < 1.29 is 0 Å². The number of thiophene rings is 1. The summed E-state index contributed by atoms with van der Waals surface area (Å²) in [4.78, 5) is 1.58. The first-order chi connectivity index (χ1) is 6.74. The number of aryl methyl sites for hydroxylation is 1. The van der Waals surface area contributed by atoms with E-state index in [1.165, 1.54) is 41.8 Å². The predicted octanol–water partition coefficient (Wildman–Crippen LogP) is 3.70. The number of hydrogen-bond donors (Lipinski definition) is 1. The predicted molar refractivity (Wildman–Crippen MR) is 65.2 cm³/mol. The van der Waals surface area contributed by atoms with Crippen molar-refractivity contribution in [2.75, 3.05) is 12.4 Å². The van der Waals surface area contributed by atoms with Gasteiger partial charge in [0.2, 0.25) is 0 Å². The molecule has 0 bridgehead atoms. The van der Waals surface area contributed by atoms with Crippen molar-refractivity contribution in [3.63, 3.8) is 0 Å². The van der Waals surface area contributed by atoms with Crippen LogP contribution in [-0.2, 0) is 12.8 Å². The Hall–Kier alpha value is -0.760. The van der Waals surface area contributed by atoms with Crippen molar-refractivity contribution >= 4 is 21.9 Å². The van der Waals surface area contributed by atoms with Crippen LogP contribution in [0, 0.1) is 0 Å². The van der Waals surface area contributed by atoms with Crippen LogP contribution in [0.5, 0.6) is 0 Å². The van der Waals surface area contributed by atoms with Crippen LogP contribution in [0.25, 0.3) is 5.57 Å². The third-order valence-corrected chi connectivity index (χ3v) is 4.13. The molecular formula is C12H17NS. The lowest BCUT2D eigenvalue weighted by Gasteiger charge is -2.12. The third-order valence-electron chi connectivity index (χ3n) is 2.83. The van der Waals surface area contributed by atoms with E-state index in [1.54, 1.807) is 10.4 Å². The van der Waals surface area contributed by atoms with E-state index in [4.69, 9.17) is 0 Å². The van der Waals surface area contributed by atoms with Crippen LogP contribution in [0.1, 0.15) is 35.8 Å². The van der Waals surface area contributed by atoms with Gasteiger partial charge >= 0.3 is 0 Å². The highest BCUT2D eigenvalue weighted by atomic mass is 32.1. The van der Waals surface area contributed by atoms with Gasteiger partial charge in [-0.05, 0) is 43.7 Å². The Labute approximate surface area is 89.8 Å². The summed E-state index contributed by atoms with van der Waals surface area (Å²) in [6, 6.07) is 0. The van der Waals surface area contributed by atoms with Crippen LogP contribution < -0.4 is 5.32 Å². The van der Waals surface area contributed by atoms with Gasteiger partial charge in [-0.15, -0.1) is 11.3 Å². The van der Waals surface area contributed by atoms with E-state index in [9.17, 15) is 0 Å². The van der Waals surface area contributed by atoms with Crippen molar-refractivity contribution in [2.24, 2.45) is 0 Å². The number of fused-ring (bicyclic) bond motifs is 1. The first-order valence-corrected chi connectivity index (χ1v) is 6.04. The largest absolute Gasteiger partial charge is 0.379 e. The molecule has 0 saturated heterocycles. The molecule has 2 rings (SSSR count). The zero-order chi connectivity index (χ0) is 10.1. The van der Waals surface area contributed by atoms with Crippen molar-refractivity contribution in [1.82, 2.24) is 0 Å². The van der Waals surface area contributed by atoms with Gasteiger partial charge in [0.05, 0.1) is 5.00 Å². The highest BCUT2D eigenvalue weighted by molar-refractivity contribution is 7.16. The Bertz CT molecular complexity index is 363. The minimum Gasteiger partial charge on any atom is -0.379 e. The second-order valence-electron chi connectivity index (χ2n) is 3.95. The maximum atomic E-state index is 4.08. The zero-order valence-corrected chi connectivity index (χ0v) is 9.76. The molecule has 0 fully saturated rings. The monoisotopic (exact) mass is 207 g/mol. The molecule has 1 aliphatic rings. The lowest BCUT2D eigenvalue weighted by atomic mass is 9.93. The van der Waals surface area contributed by atoms with Crippen LogP contribution in [0.15, 0.2) is 6.58 Å². The van der Waals surface area contributed by atoms with Crippen molar-refractivity contribution in [2.45, 2.75) is 32.6 Å². The summed E-state index contributed by atoms with van der Waals surface area (Å²) in [5.74, 6) is 0. The minimum absolute atomic E-state index is 1.20. The fraction of sp³-hybridized carbons (Fsp3) is 0.500. The average Bonchev–Trinajstić information content (AvgIpc) is 2.55. The number of allylic oxidation sites excluding steroid dienone is 1. The van der Waals surface area contributed by atoms with Gasteiger partial charge < -0.3 is 5.32 Å². The van der Waals surface area contributed by atoms with Crippen LogP contribution in [0.2, 0.25) is 0 Å². The topological polar surface area (TPSA) is 12.0 Å². The fourth-order valence-electron chi connectivity index (χ4n) is 2.19. The van der Waals surface area contributed by atoms with Crippen molar-refractivity contribution in [3.05, 3.63) is 22.6 Å². The van der Waals surface area contributed by atoms with E-state index in [0.717, 1.165) is 0 Å². The summed E-state index contributed by atoms with van der Waals surface area (Å²) in [5, 5.41) is 4.60. The van der Waals surface area contributed by atoms with Gasteiger partial charge in [0.15, 0.2) is 0 Å². The summed E-state index contributed by atoms with van der Waals surface area (Å²) in [6.45, 7) is 6.19. The molecule has 0 amide bonds. The molecule has 1 N–H and O–H groups in total. The van der Waals surface area contributed by atoms with Crippen LogP contribution in [-0.4, -0.2) is 7.05 Å². The molecule has 0 radical (unpaired) electrons. The van der Waals surface area contributed by atoms with E-state index >= 15 is 0 Å². The molecule has 0 aliphatic heterocycles. The van der Waals surface area contributed by atoms with Crippen molar-refractivity contribution in [1.29, 1.82) is 0 Å². The molecule has 2 heteroatoms. The fourth-order valence-corrected chi connectivity index (χ4v) is 3.52. The summed E-state index contributed by atoms with van der Waals surface area (Å²) in [6.07, 6.45) is 5.21. The molecule has 1 heterocycles. The second-order valence-corrected chi connectivity index (χ2v) is 5.05. The maximum absolute atomic E-state index is 4.08. The zero-order valence-electron chi connectivity index (χ0n) is 8.94. The SMILES string of the molecule is C=C(C)c1c(NC)sc2c1CCCC2.